The molecule has 0 unspecified atom stereocenters. The van der Waals surface area contributed by atoms with Gasteiger partial charge in [0, 0.05) is 19.3 Å². The molecule has 0 aromatic carbocycles. The zero-order valence-electron chi connectivity index (χ0n) is 14.0. The molecule has 3 atom stereocenters. The third-order valence-corrected chi connectivity index (χ3v) is 5.01. The van der Waals surface area contributed by atoms with Gasteiger partial charge >= 0.3 is 6.18 Å². The van der Waals surface area contributed by atoms with Crippen LogP contribution in [0.4, 0.5) is 19.1 Å². The summed E-state index contributed by atoms with van der Waals surface area (Å²) in [6.45, 7) is 1.10. The fourth-order valence-corrected chi connectivity index (χ4v) is 3.72. The number of amides is 1. The second-order valence-electron chi connectivity index (χ2n) is 6.72. The predicted octanol–water partition coefficient (Wildman–Crippen LogP) is 1.70. The highest BCUT2D eigenvalue weighted by atomic mass is 19.4. The van der Waals surface area contributed by atoms with Crippen LogP contribution in [-0.4, -0.2) is 65.3 Å². The summed E-state index contributed by atoms with van der Waals surface area (Å²) in [6, 6.07) is -0.101. The van der Waals surface area contributed by atoms with Crippen LogP contribution in [0.1, 0.15) is 35.3 Å². The minimum absolute atomic E-state index is 0.0207. The van der Waals surface area contributed by atoms with Crippen LogP contribution >= 0.6 is 0 Å². The van der Waals surface area contributed by atoms with Crippen LogP contribution < -0.4 is 5.32 Å². The number of nitrogens with one attached hydrogen (secondary N) is 1. The van der Waals surface area contributed by atoms with Crippen molar-refractivity contribution >= 4 is 11.9 Å². The van der Waals surface area contributed by atoms with Gasteiger partial charge in [0.05, 0.1) is 37.0 Å². The lowest BCUT2D eigenvalue weighted by atomic mass is 9.96. The summed E-state index contributed by atoms with van der Waals surface area (Å²) >= 11 is 0. The number of rotatable bonds is 3. The topological polar surface area (TPSA) is 76.6 Å². The van der Waals surface area contributed by atoms with Gasteiger partial charge < -0.3 is 19.7 Å². The van der Waals surface area contributed by atoms with Crippen molar-refractivity contribution in [3.05, 3.63) is 17.5 Å². The van der Waals surface area contributed by atoms with Gasteiger partial charge in [-0.1, -0.05) is 0 Å². The van der Waals surface area contributed by atoms with Crippen LogP contribution in [0.3, 0.4) is 0 Å². The van der Waals surface area contributed by atoms with Crippen molar-refractivity contribution in [2.45, 2.75) is 43.7 Å². The summed E-state index contributed by atoms with van der Waals surface area (Å²) in [5.74, 6) is -0.854. The first-order valence-electron chi connectivity index (χ1n) is 8.65. The Morgan fingerprint density at radius 1 is 1.27 bits per heavy atom. The molecule has 3 saturated heterocycles. The van der Waals surface area contributed by atoms with E-state index < -0.39 is 23.3 Å². The molecule has 142 valence electrons. The minimum atomic E-state index is -4.75. The Balaban J connectivity index is 1.57. The lowest BCUT2D eigenvalue weighted by Gasteiger charge is -2.27. The highest BCUT2D eigenvalue weighted by Crippen LogP contribution is 2.36. The molecule has 0 aliphatic carbocycles. The fraction of sp³-hybridized carbons (Fsp3) is 0.688. The van der Waals surface area contributed by atoms with E-state index in [2.05, 4.69) is 15.3 Å². The molecule has 1 aromatic heterocycles. The second kappa shape index (κ2) is 6.66. The lowest BCUT2D eigenvalue weighted by Crippen LogP contribution is -2.41. The summed E-state index contributed by atoms with van der Waals surface area (Å²) in [7, 11) is 0. The van der Waals surface area contributed by atoms with E-state index >= 15 is 0 Å². The van der Waals surface area contributed by atoms with Crippen LogP contribution in [0.15, 0.2) is 6.20 Å². The SMILES string of the molecule is O=C(c1cnc(N[C@H]2C[C@@H]3CC[C@H]2O3)nc1C(F)(F)F)N1CCOCC1. The number of alkyl halides is 3. The summed E-state index contributed by atoms with van der Waals surface area (Å²) < 4.78 is 51.3. The van der Waals surface area contributed by atoms with Crippen LogP contribution in [0.5, 0.6) is 0 Å². The lowest BCUT2D eigenvalue weighted by molar-refractivity contribution is -0.141. The number of morpholine rings is 1. The molecule has 7 nitrogen and oxygen atoms in total. The Labute approximate surface area is 147 Å². The van der Waals surface area contributed by atoms with E-state index in [-0.39, 0.29) is 37.3 Å². The quantitative estimate of drug-likeness (QED) is 0.870. The molecule has 3 fully saturated rings. The number of hydrogen-bond acceptors (Lipinski definition) is 6. The average molecular weight is 372 g/mol. The van der Waals surface area contributed by atoms with E-state index in [0.717, 1.165) is 25.5 Å². The number of nitrogens with zero attached hydrogens (tertiary/aromatic N) is 3. The Kier molecular flexibility index (Phi) is 4.47. The van der Waals surface area contributed by atoms with Crippen LogP contribution in [0, 0.1) is 0 Å². The normalized spacial score (nSPS) is 28.4. The molecule has 0 spiro atoms. The van der Waals surface area contributed by atoms with E-state index in [1.807, 2.05) is 0 Å². The van der Waals surface area contributed by atoms with Gasteiger partial charge in [-0.15, -0.1) is 0 Å². The van der Waals surface area contributed by atoms with Gasteiger partial charge in [0.2, 0.25) is 5.95 Å². The summed E-state index contributed by atoms with van der Waals surface area (Å²) in [5, 5.41) is 2.94. The Morgan fingerprint density at radius 2 is 2.04 bits per heavy atom. The van der Waals surface area contributed by atoms with Gasteiger partial charge in [-0.05, 0) is 19.3 Å². The Bertz CT molecular complexity index is 694. The standard InChI is InChI=1S/C16H19F3N4O3/c17-16(18,19)13-10(14(24)23-3-5-25-6-4-23)8-20-15(22-13)21-11-7-9-1-2-12(11)26-9/h8-9,11-12H,1-7H2,(H,20,21,22)/t9-,11-,12+/m0/s1. The molecule has 1 N–H and O–H groups in total. The molecule has 0 radical (unpaired) electrons. The summed E-state index contributed by atoms with van der Waals surface area (Å²) in [6.07, 6.45) is -1.07. The smallest absolute Gasteiger partial charge is 0.378 e. The number of carbonyl (C=O) groups excluding carboxylic acids is 1. The molecular formula is C16H19F3N4O3. The Morgan fingerprint density at radius 3 is 2.65 bits per heavy atom. The number of aromatic nitrogens is 2. The molecule has 1 amide bonds. The molecule has 1 aromatic rings. The first kappa shape index (κ1) is 17.5. The molecule has 0 saturated carbocycles. The van der Waals surface area contributed by atoms with Crippen molar-refractivity contribution < 1.29 is 27.4 Å². The largest absolute Gasteiger partial charge is 0.434 e. The molecule has 3 aliphatic heterocycles. The van der Waals surface area contributed by atoms with Gasteiger partial charge in [-0.2, -0.15) is 13.2 Å². The predicted molar refractivity (Wildman–Crippen MR) is 83.7 cm³/mol. The van der Waals surface area contributed by atoms with E-state index in [1.165, 1.54) is 4.90 Å². The van der Waals surface area contributed by atoms with Crippen molar-refractivity contribution in [1.82, 2.24) is 14.9 Å². The molecule has 4 rings (SSSR count). The maximum atomic E-state index is 13.5. The van der Waals surface area contributed by atoms with E-state index in [4.69, 9.17) is 9.47 Å². The highest BCUT2D eigenvalue weighted by molar-refractivity contribution is 5.95. The molecule has 10 heteroatoms. The van der Waals surface area contributed by atoms with Crippen molar-refractivity contribution in [2.75, 3.05) is 31.6 Å². The van der Waals surface area contributed by atoms with E-state index in [1.54, 1.807) is 0 Å². The number of ether oxygens (including phenoxy) is 2. The van der Waals surface area contributed by atoms with Crippen molar-refractivity contribution in [2.24, 2.45) is 0 Å². The van der Waals surface area contributed by atoms with Crippen LogP contribution in [0.25, 0.3) is 0 Å². The van der Waals surface area contributed by atoms with Crippen molar-refractivity contribution in [1.29, 1.82) is 0 Å². The van der Waals surface area contributed by atoms with E-state index in [9.17, 15) is 18.0 Å². The molecular weight excluding hydrogens is 353 g/mol. The molecule has 2 bridgehead atoms. The van der Waals surface area contributed by atoms with Crippen molar-refractivity contribution in [3.8, 4) is 0 Å². The summed E-state index contributed by atoms with van der Waals surface area (Å²) in [4.78, 5) is 21.4. The van der Waals surface area contributed by atoms with Gasteiger partial charge in [0.25, 0.3) is 5.91 Å². The third-order valence-electron chi connectivity index (χ3n) is 5.01. The van der Waals surface area contributed by atoms with E-state index in [0.29, 0.717) is 13.2 Å². The number of anilines is 1. The monoisotopic (exact) mass is 372 g/mol. The molecule has 3 aliphatic rings. The maximum Gasteiger partial charge on any atom is 0.434 e. The Hall–Kier alpha value is -1.94. The van der Waals surface area contributed by atoms with Crippen molar-refractivity contribution in [3.63, 3.8) is 0 Å². The average Bonchev–Trinajstić information content (AvgIpc) is 3.24. The second-order valence-corrected chi connectivity index (χ2v) is 6.72. The van der Waals surface area contributed by atoms with Crippen LogP contribution in [-0.2, 0) is 15.7 Å². The third kappa shape index (κ3) is 3.35. The number of carbonyl (C=O) groups is 1. The minimum Gasteiger partial charge on any atom is -0.378 e. The van der Waals surface area contributed by atoms with Gasteiger partial charge in [-0.25, -0.2) is 9.97 Å². The first-order valence-corrected chi connectivity index (χ1v) is 8.65. The number of hydrogen-bond donors (Lipinski definition) is 1. The zero-order valence-corrected chi connectivity index (χ0v) is 14.0. The fourth-order valence-electron chi connectivity index (χ4n) is 3.72. The molecule has 4 heterocycles. The van der Waals surface area contributed by atoms with Gasteiger partial charge in [-0.3, -0.25) is 4.79 Å². The number of halogens is 3. The first-order chi connectivity index (χ1) is 12.4. The summed E-state index contributed by atoms with van der Waals surface area (Å²) in [5.41, 5.74) is -1.75. The maximum absolute atomic E-state index is 13.5. The molecule has 26 heavy (non-hydrogen) atoms. The van der Waals surface area contributed by atoms with Gasteiger partial charge in [0.1, 0.15) is 0 Å². The highest BCUT2D eigenvalue weighted by Gasteiger charge is 2.42. The van der Waals surface area contributed by atoms with Gasteiger partial charge in [0.15, 0.2) is 5.69 Å². The zero-order chi connectivity index (χ0) is 18.3. The van der Waals surface area contributed by atoms with Crippen LogP contribution in [0.2, 0.25) is 0 Å². The number of fused-ring (bicyclic) bond motifs is 2.